The summed E-state index contributed by atoms with van der Waals surface area (Å²) in [5.41, 5.74) is 2.81. The highest BCUT2D eigenvalue weighted by molar-refractivity contribution is 9.11. The van der Waals surface area contributed by atoms with Crippen LogP contribution >= 0.6 is 31.9 Å². The van der Waals surface area contributed by atoms with Crippen molar-refractivity contribution in [2.75, 3.05) is 13.7 Å². The highest BCUT2D eigenvalue weighted by Crippen LogP contribution is 2.32. The Morgan fingerprint density at radius 3 is 2.68 bits per heavy atom. The molecule has 2 rings (SSSR count). The fourth-order valence-electron chi connectivity index (χ4n) is 2.48. The van der Waals surface area contributed by atoms with E-state index in [1.807, 2.05) is 43.3 Å². The van der Waals surface area contributed by atoms with Crippen LogP contribution in [0.1, 0.15) is 34.8 Å². The number of rotatable bonds is 8. The Bertz CT molecular complexity index is 735. The third-order valence-electron chi connectivity index (χ3n) is 3.66. The SMILES string of the molecule is CCCNC(=O)c1cccc(CNCc2cc(Br)cc(Br)c2OC)c1. The fourth-order valence-corrected chi connectivity index (χ4v) is 3.95. The first-order chi connectivity index (χ1) is 12.0. The van der Waals surface area contributed by atoms with Gasteiger partial charge < -0.3 is 15.4 Å². The molecule has 0 aliphatic rings. The molecule has 0 saturated heterocycles. The van der Waals surface area contributed by atoms with Gasteiger partial charge in [0.05, 0.1) is 11.6 Å². The van der Waals surface area contributed by atoms with Gasteiger partial charge in [-0.05, 0) is 52.2 Å². The van der Waals surface area contributed by atoms with E-state index in [1.54, 1.807) is 7.11 Å². The minimum atomic E-state index is -0.0266. The van der Waals surface area contributed by atoms with Crippen LogP contribution in [0.15, 0.2) is 45.3 Å². The Morgan fingerprint density at radius 1 is 1.16 bits per heavy atom. The summed E-state index contributed by atoms with van der Waals surface area (Å²) in [5.74, 6) is 0.796. The van der Waals surface area contributed by atoms with E-state index in [2.05, 4.69) is 42.5 Å². The molecule has 134 valence electrons. The molecule has 4 nitrogen and oxygen atoms in total. The molecular weight excluding hydrogens is 448 g/mol. The van der Waals surface area contributed by atoms with E-state index in [0.29, 0.717) is 25.2 Å². The van der Waals surface area contributed by atoms with E-state index < -0.39 is 0 Å². The molecule has 25 heavy (non-hydrogen) atoms. The maximum absolute atomic E-state index is 12.1. The topological polar surface area (TPSA) is 50.4 Å². The van der Waals surface area contributed by atoms with E-state index in [-0.39, 0.29) is 5.91 Å². The van der Waals surface area contributed by atoms with Crippen molar-refractivity contribution in [1.82, 2.24) is 10.6 Å². The molecule has 0 aliphatic heterocycles. The molecule has 0 aromatic heterocycles. The third-order valence-corrected chi connectivity index (χ3v) is 4.71. The Kier molecular flexibility index (Phi) is 7.93. The van der Waals surface area contributed by atoms with Gasteiger partial charge in [0.25, 0.3) is 5.91 Å². The Balaban J connectivity index is 2.00. The second-order valence-electron chi connectivity index (χ2n) is 5.64. The summed E-state index contributed by atoms with van der Waals surface area (Å²) in [6, 6.07) is 11.7. The van der Waals surface area contributed by atoms with Gasteiger partial charge in [-0.15, -0.1) is 0 Å². The van der Waals surface area contributed by atoms with Crippen molar-refractivity contribution in [1.29, 1.82) is 0 Å². The zero-order valence-corrected chi connectivity index (χ0v) is 17.5. The monoisotopic (exact) mass is 468 g/mol. The largest absolute Gasteiger partial charge is 0.495 e. The standard InChI is InChI=1S/C19H22Br2N2O2/c1-3-7-23-19(24)14-6-4-5-13(8-14)11-22-12-15-9-16(20)10-17(21)18(15)25-2/h4-6,8-10,22H,3,7,11-12H2,1-2H3,(H,23,24). The summed E-state index contributed by atoms with van der Waals surface area (Å²) >= 11 is 7.02. The highest BCUT2D eigenvalue weighted by atomic mass is 79.9. The first-order valence-electron chi connectivity index (χ1n) is 8.15. The van der Waals surface area contributed by atoms with Gasteiger partial charge in [-0.2, -0.15) is 0 Å². The van der Waals surface area contributed by atoms with Crippen LogP contribution in [0.2, 0.25) is 0 Å². The quantitative estimate of drug-likeness (QED) is 0.591. The lowest BCUT2D eigenvalue weighted by Gasteiger charge is -2.13. The van der Waals surface area contributed by atoms with E-state index in [9.17, 15) is 4.79 Å². The van der Waals surface area contributed by atoms with Crippen LogP contribution in [0, 0.1) is 0 Å². The van der Waals surface area contributed by atoms with Crippen LogP contribution in [0.5, 0.6) is 5.75 Å². The van der Waals surface area contributed by atoms with Crippen LogP contribution in [0.4, 0.5) is 0 Å². The number of methoxy groups -OCH3 is 1. The van der Waals surface area contributed by atoms with E-state index in [4.69, 9.17) is 4.74 Å². The van der Waals surface area contributed by atoms with Crippen molar-refractivity contribution in [3.63, 3.8) is 0 Å². The van der Waals surface area contributed by atoms with Gasteiger partial charge in [0.1, 0.15) is 5.75 Å². The zero-order chi connectivity index (χ0) is 18.2. The number of hydrogen-bond donors (Lipinski definition) is 2. The van der Waals surface area contributed by atoms with E-state index >= 15 is 0 Å². The maximum Gasteiger partial charge on any atom is 0.251 e. The number of ether oxygens (including phenoxy) is 1. The summed E-state index contributed by atoms with van der Waals surface area (Å²) in [7, 11) is 1.66. The van der Waals surface area contributed by atoms with Crippen molar-refractivity contribution >= 4 is 37.8 Å². The van der Waals surface area contributed by atoms with Crippen LogP contribution in [-0.4, -0.2) is 19.6 Å². The molecule has 0 saturated carbocycles. The van der Waals surface area contributed by atoms with Crippen LogP contribution in [-0.2, 0) is 13.1 Å². The molecule has 2 N–H and O–H groups in total. The molecule has 0 heterocycles. The average Bonchev–Trinajstić information content (AvgIpc) is 2.59. The molecule has 0 spiro atoms. The van der Waals surface area contributed by atoms with Gasteiger partial charge in [-0.3, -0.25) is 4.79 Å². The van der Waals surface area contributed by atoms with Gasteiger partial charge in [-0.25, -0.2) is 0 Å². The van der Waals surface area contributed by atoms with Crippen molar-refractivity contribution in [3.8, 4) is 5.75 Å². The predicted octanol–water partition coefficient (Wildman–Crippen LogP) is 4.65. The summed E-state index contributed by atoms with van der Waals surface area (Å²) in [6.07, 6.45) is 0.928. The molecule has 0 unspecified atom stereocenters. The molecule has 0 atom stereocenters. The van der Waals surface area contributed by atoms with Gasteiger partial charge in [0, 0.05) is 35.2 Å². The second-order valence-corrected chi connectivity index (χ2v) is 7.41. The Labute approximate surface area is 165 Å². The van der Waals surface area contributed by atoms with E-state index in [0.717, 1.165) is 32.2 Å². The minimum Gasteiger partial charge on any atom is -0.495 e. The first kappa shape index (κ1) is 19.9. The molecule has 1 amide bonds. The van der Waals surface area contributed by atoms with Crippen molar-refractivity contribution in [2.45, 2.75) is 26.4 Å². The molecule has 0 aliphatic carbocycles. The van der Waals surface area contributed by atoms with Gasteiger partial charge >= 0.3 is 0 Å². The number of benzene rings is 2. The van der Waals surface area contributed by atoms with Gasteiger partial charge in [0.2, 0.25) is 0 Å². The Morgan fingerprint density at radius 2 is 1.96 bits per heavy atom. The predicted molar refractivity (Wildman–Crippen MR) is 108 cm³/mol. The maximum atomic E-state index is 12.1. The van der Waals surface area contributed by atoms with Crippen molar-refractivity contribution in [2.24, 2.45) is 0 Å². The Hall–Kier alpha value is -1.37. The lowest BCUT2D eigenvalue weighted by Crippen LogP contribution is -2.24. The van der Waals surface area contributed by atoms with Gasteiger partial charge in [0.15, 0.2) is 0 Å². The number of nitrogens with one attached hydrogen (secondary N) is 2. The van der Waals surface area contributed by atoms with Crippen molar-refractivity contribution in [3.05, 3.63) is 62.0 Å². The van der Waals surface area contributed by atoms with E-state index in [1.165, 1.54) is 0 Å². The zero-order valence-electron chi connectivity index (χ0n) is 14.4. The molecule has 0 bridgehead atoms. The molecule has 2 aromatic carbocycles. The lowest BCUT2D eigenvalue weighted by molar-refractivity contribution is 0.0953. The summed E-state index contributed by atoms with van der Waals surface area (Å²) < 4.78 is 7.37. The number of hydrogen-bond acceptors (Lipinski definition) is 3. The fraction of sp³-hybridized carbons (Fsp3) is 0.316. The summed E-state index contributed by atoms with van der Waals surface area (Å²) in [6.45, 7) is 4.06. The molecule has 6 heteroatoms. The summed E-state index contributed by atoms with van der Waals surface area (Å²) in [5, 5.41) is 6.30. The molecule has 0 fully saturated rings. The second kappa shape index (κ2) is 9.94. The van der Waals surface area contributed by atoms with Crippen LogP contribution in [0.3, 0.4) is 0 Å². The molecule has 2 aromatic rings. The lowest BCUT2D eigenvalue weighted by atomic mass is 10.1. The highest BCUT2D eigenvalue weighted by Gasteiger charge is 2.09. The first-order valence-corrected chi connectivity index (χ1v) is 9.73. The normalized spacial score (nSPS) is 10.6. The smallest absolute Gasteiger partial charge is 0.251 e. The summed E-state index contributed by atoms with van der Waals surface area (Å²) in [4.78, 5) is 12.1. The minimum absolute atomic E-state index is 0.0266. The average molecular weight is 470 g/mol. The molecular formula is C19H22Br2N2O2. The van der Waals surface area contributed by atoms with Crippen LogP contribution in [0.25, 0.3) is 0 Å². The number of carbonyl (C=O) groups is 1. The van der Waals surface area contributed by atoms with Gasteiger partial charge in [-0.1, -0.05) is 35.0 Å². The molecule has 0 radical (unpaired) electrons. The number of amides is 1. The number of carbonyl (C=O) groups excluding carboxylic acids is 1. The third kappa shape index (κ3) is 5.83. The van der Waals surface area contributed by atoms with Crippen LogP contribution < -0.4 is 15.4 Å². The van der Waals surface area contributed by atoms with Crippen molar-refractivity contribution < 1.29 is 9.53 Å². The number of halogens is 2.